The molecule has 0 spiro atoms. The first-order valence-electron chi connectivity index (χ1n) is 5.43. The van der Waals surface area contributed by atoms with Gasteiger partial charge >= 0.3 is 0 Å². The van der Waals surface area contributed by atoms with Gasteiger partial charge in [-0.05, 0) is 53.0 Å². The minimum atomic E-state index is 0.695. The maximum atomic E-state index is 4.33. The van der Waals surface area contributed by atoms with Crippen molar-refractivity contribution < 1.29 is 0 Å². The molecule has 4 heteroatoms. The molecule has 0 atom stereocenters. The molecule has 0 saturated heterocycles. The molecule has 3 nitrogen and oxygen atoms in total. The number of anilines is 1. The summed E-state index contributed by atoms with van der Waals surface area (Å²) in [7, 11) is 0. The van der Waals surface area contributed by atoms with Gasteiger partial charge in [-0.3, -0.25) is 4.98 Å². The zero-order chi connectivity index (χ0) is 12.3. The van der Waals surface area contributed by atoms with Crippen LogP contribution in [0.15, 0.2) is 35.1 Å². The van der Waals surface area contributed by atoms with Crippen LogP contribution in [0.1, 0.15) is 16.8 Å². The first-order valence-corrected chi connectivity index (χ1v) is 6.22. The van der Waals surface area contributed by atoms with E-state index in [1.807, 2.05) is 31.5 Å². The summed E-state index contributed by atoms with van der Waals surface area (Å²) in [4.78, 5) is 8.63. The Kier molecular flexibility index (Phi) is 3.74. The van der Waals surface area contributed by atoms with Gasteiger partial charge in [0.2, 0.25) is 0 Å². The SMILES string of the molecule is Cc1cc(NCc2ncccc2C)ncc1Br. The number of rotatable bonds is 3. The lowest BCUT2D eigenvalue weighted by molar-refractivity contribution is 1.00. The van der Waals surface area contributed by atoms with E-state index < -0.39 is 0 Å². The normalized spacial score (nSPS) is 10.3. The maximum Gasteiger partial charge on any atom is 0.126 e. The lowest BCUT2D eigenvalue weighted by Gasteiger charge is -2.08. The van der Waals surface area contributed by atoms with E-state index in [0.29, 0.717) is 6.54 Å². The molecule has 0 aliphatic heterocycles. The number of halogens is 1. The predicted octanol–water partition coefficient (Wildman–Crippen LogP) is 3.47. The van der Waals surface area contributed by atoms with Crippen LogP contribution >= 0.6 is 15.9 Å². The van der Waals surface area contributed by atoms with Gasteiger partial charge in [-0.15, -0.1) is 0 Å². The van der Waals surface area contributed by atoms with E-state index >= 15 is 0 Å². The van der Waals surface area contributed by atoms with E-state index in [2.05, 4.69) is 44.2 Å². The highest BCUT2D eigenvalue weighted by atomic mass is 79.9. The summed E-state index contributed by atoms with van der Waals surface area (Å²) in [5.41, 5.74) is 3.41. The third-order valence-corrected chi connectivity index (χ3v) is 3.43. The van der Waals surface area contributed by atoms with Gasteiger partial charge in [-0.2, -0.15) is 0 Å². The Labute approximate surface area is 109 Å². The van der Waals surface area contributed by atoms with Gasteiger partial charge in [0.15, 0.2) is 0 Å². The number of hydrogen-bond donors (Lipinski definition) is 1. The van der Waals surface area contributed by atoms with Crippen LogP contribution in [0.5, 0.6) is 0 Å². The van der Waals surface area contributed by atoms with E-state index in [9.17, 15) is 0 Å². The molecule has 0 aliphatic rings. The fourth-order valence-electron chi connectivity index (χ4n) is 1.51. The summed E-state index contributed by atoms with van der Waals surface area (Å²) in [5, 5.41) is 3.28. The van der Waals surface area contributed by atoms with Crippen LogP contribution in [0.2, 0.25) is 0 Å². The number of nitrogens with one attached hydrogen (secondary N) is 1. The highest BCUT2D eigenvalue weighted by Crippen LogP contribution is 2.17. The Morgan fingerprint density at radius 3 is 2.76 bits per heavy atom. The summed E-state index contributed by atoms with van der Waals surface area (Å²) in [6, 6.07) is 6.02. The Bertz CT molecular complexity index is 526. The largest absolute Gasteiger partial charge is 0.364 e. The number of hydrogen-bond acceptors (Lipinski definition) is 3. The first kappa shape index (κ1) is 12.0. The zero-order valence-corrected chi connectivity index (χ0v) is 11.5. The van der Waals surface area contributed by atoms with Crippen molar-refractivity contribution >= 4 is 21.7 Å². The van der Waals surface area contributed by atoms with Gasteiger partial charge in [0.05, 0.1) is 12.2 Å². The van der Waals surface area contributed by atoms with Crippen molar-refractivity contribution in [2.24, 2.45) is 0 Å². The van der Waals surface area contributed by atoms with Crippen molar-refractivity contribution in [3.05, 3.63) is 51.9 Å². The lowest BCUT2D eigenvalue weighted by Crippen LogP contribution is -2.04. The van der Waals surface area contributed by atoms with Crippen LogP contribution in [0.4, 0.5) is 5.82 Å². The standard InChI is InChI=1S/C13H14BrN3/c1-9-4-3-5-15-12(9)8-17-13-6-10(2)11(14)7-16-13/h3-7H,8H2,1-2H3,(H,16,17). The quantitative estimate of drug-likeness (QED) is 0.941. The molecule has 88 valence electrons. The van der Waals surface area contributed by atoms with Crippen molar-refractivity contribution in [1.82, 2.24) is 9.97 Å². The van der Waals surface area contributed by atoms with Crippen molar-refractivity contribution in [2.45, 2.75) is 20.4 Å². The first-order chi connectivity index (χ1) is 8.16. The van der Waals surface area contributed by atoms with Crippen LogP contribution in [0.25, 0.3) is 0 Å². The third kappa shape index (κ3) is 3.03. The van der Waals surface area contributed by atoms with E-state index in [0.717, 1.165) is 16.0 Å². The molecule has 0 saturated carbocycles. The summed E-state index contributed by atoms with van der Waals surface area (Å²) in [6.45, 7) is 4.80. The minimum absolute atomic E-state index is 0.695. The average molecular weight is 292 g/mol. The molecule has 0 aliphatic carbocycles. The predicted molar refractivity (Wildman–Crippen MR) is 73.0 cm³/mol. The molecule has 0 amide bonds. The molecule has 2 aromatic rings. The fraction of sp³-hybridized carbons (Fsp3) is 0.231. The summed E-state index contributed by atoms with van der Waals surface area (Å²) < 4.78 is 1.03. The molecule has 0 unspecified atom stereocenters. The molecule has 0 aromatic carbocycles. The topological polar surface area (TPSA) is 37.8 Å². The van der Waals surface area contributed by atoms with Crippen LogP contribution in [0, 0.1) is 13.8 Å². The Hall–Kier alpha value is -1.42. The number of aromatic nitrogens is 2. The van der Waals surface area contributed by atoms with Gasteiger partial charge in [-0.25, -0.2) is 4.98 Å². The second kappa shape index (κ2) is 5.27. The van der Waals surface area contributed by atoms with E-state index in [1.54, 1.807) is 0 Å². The highest BCUT2D eigenvalue weighted by molar-refractivity contribution is 9.10. The van der Waals surface area contributed by atoms with E-state index in [-0.39, 0.29) is 0 Å². The van der Waals surface area contributed by atoms with Gasteiger partial charge < -0.3 is 5.32 Å². The average Bonchev–Trinajstić information content (AvgIpc) is 2.32. The van der Waals surface area contributed by atoms with E-state index in [1.165, 1.54) is 11.1 Å². The van der Waals surface area contributed by atoms with Crippen LogP contribution < -0.4 is 5.32 Å². The molecule has 0 radical (unpaired) electrons. The minimum Gasteiger partial charge on any atom is -0.364 e. The molecule has 2 rings (SSSR count). The second-order valence-electron chi connectivity index (χ2n) is 3.94. The molecule has 0 bridgehead atoms. The number of nitrogens with zero attached hydrogens (tertiary/aromatic N) is 2. The summed E-state index contributed by atoms with van der Waals surface area (Å²) >= 11 is 3.43. The molecule has 2 heterocycles. The van der Waals surface area contributed by atoms with Crippen molar-refractivity contribution in [3.8, 4) is 0 Å². The Morgan fingerprint density at radius 2 is 2.06 bits per heavy atom. The molecular formula is C13H14BrN3. The lowest BCUT2D eigenvalue weighted by atomic mass is 10.2. The van der Waals surface area contributed by atoms with Crippen molar-refractivity contribution in [2.75, 3.05) is 5.32 Å². The van der Waals surface area contributed by atoms with Crippen LogP contribution in [-0.4, -0.2) is 9.97 Å². The van der Waals surface area contributed by atoms with Gasteiger partial charge in [0.25, 0.3) is 0 Å². The molecule has 0 fully saturated rings. The molecule has 17 heavy (non-hydrogen) atoms. The summed E-state index contributed by atoms with van der Waals surface area (Å²) in [5.74, 6) is 0.871. The van der Waals surface area contributed by atoms with Crippen LogP contribution in [0.3, 0.4) is 0 Å². The van der Waals surface area contributed by atoms with Gasteiger partial charge in [0.1, 0.15) is 5.82 Å². The van der Waals surface area contributed by atoms with Gasteiger partial charge in [0, 0.05) is 16.9 Å². The maximum absolute atomic E-state index is 4.33. The van der Waals surface area contributed by atoms with Crippen molar-refractivity contribution in [1.29, 1.82) is 0 Å². The monoisotopic (exact) mass is 291 g/mol. The summed E-state index contributed by atoms with van der Waals surface area (Å²) in [6.07, 6.45) is 3.62. The third-order valence-electron chi connectivity index (χ3n) is 2.60. The zero-order valence-electron chi connectivity index (χ0n) is 9.87. The number of pyridine rings is 2. The second-order valence-corrected chi connectivity index (χ2v) is 4.79. The molecular weight excluding hydrogens is 278 g/mol. The Morgan fingerprint density at radius 1 is 1.24 bits per heavy atom. The fourth-order valence-corrected chi connectivity index (χ4v) is 1.73. The smallest absolute Gasteiger partial charge is 0.126 e. The van der Waals surface area contributed by atoms with E-state index in [4.69, 9.17) is 0 Å². The molecule has 1 N–H and O–H groups in total. The number of aryl methyl sites for hydroxylation is 2. The Balaban J connectivity index is 2.08. The molecule has 2 aromatic heterocycles. The van der Waals surface area contributed by atoms with Crippen molar-refractivity contribution in [3.63, 3.8) is 0 Å². The van der Waals surface area contributed by atoms with Gasteiger partial charge in [-0.1, -0.05) is 6.07 Å². The van der Waals surface area contributed by atoms with Crippen LogP contribution in [-0.2, 0) is 6.54 Å². The highest BCUT2D eigenvalue weighted by Gasteiger charge is 2.01.